The summed E-state index contributed by atoms with van der Waals surface area (Å²) in [7, 11) is 1.39. The summed E-state index contributed by atoms with van der Waals surface area (Å²) in [4.78, 5) is 10.9. The van der Waals surface area contributed by atoms with Crippen molar-refractivity contribution in [3.8, 4) is 11.5 Å². The van der Waals surface area contributed by atoms with E-state index in [0.29, 0.717) is 5.56 Å². The van der Waals surface area contributed by atoms with E-state index in [9.17, 15) is 14.1 Å². The lowest BCUT2D eigenvalue weighted by molar-refractivity contribution is -0.128. The highest BCUT2D eigenvalue weighted by Crippen LogP contribution is 2.26. The third kappa shape index (κ3) is 4.25. The van der Waals surface area contributed by atoms with Crippen molar-refractivity contribution >= 4 is 23.4 Å². The molecule has 1 aromatic carbocycles. The molecular formula is C10H10O6S. The lowest BCUT2D eigenvalue weighted by Gasteiger charge is -2.03. The third-order valence-corrected chi connectivity index (χ3v) is 2.08. The van der Waals surface area contributed by atoms with E-state index in [0.717, 1.165) is 6.08 Å². The molecule has 1 unspecified atom stereocenters. The smallest absolute Gasteiger partial charge is 0.360 e. The summed E-state index contributed by atoms with van der Waals surface area (Å²) in [5, 5.41) is 9.32. The Morgan fingerprint density at radius 3 is 2.76 bits per heavy atom. The van der Waals surface area contributed by atoms with Crippen LogP contribution in [0.25, 0.3) is 6.08 Å². The summed E-state index contributed by atoms with van der Waals surface area (Å²) >= 11 is -2.63. The zero-order chi connectivity index (χ0) is 12.8. The Hall–Kier alpha value is -1.86. The number of hydrogen-bond acceptors (Lipinski definition) is 5. The number of methoxy groups -OCH3 is 1. The molecule has 0 spiro atoms. The molecule has 0 aliphatic carbocycles. The Morgan fingerprint density at radius 2 is 2.18 bits per heavy atom. The molecular weight excluding hydrogens is 248 g/mol. The second-order valence-corrected chi connectivity index (χ2v) is 3.48. The van der Waals surface area contributed by atoms with Crippen molar-refractivity contribution in [2.75, 3.05) is 7.11 Å². The average molecular weight is 258 g/mol. The van der Waals surface area contributed by atoms with Crippen LogP contribution in [0.3, 0.4) is 0 Å². The minimum Gasteiger partial charge on any atom is -0.504 e. The number of carbonyl (C=O) groups excluding carboxylic acids is 1. The molecule has 1 atom stereocenters. The van der Waals surface area contributed by atoms with Crippen molar-refractivity contribution in [2.45, 2.75) is 0 Å². The van der Waals surface area contributed by atoms with Gasteiger partial charge >= 0.3 is 17.3 Å². The number of carbonyl (C=O) groups is 1. The summed E-state index contributed by atoms with van der Waals surface area (Å²) in [5.41, 5.74) is 0.570. The van der Waals surface area contributed by atoms with Crippen LogP contribution in [0.1, 0.15) is 5.56 Å². The van der Waals surface area contributed by atoms with Crippen LogP contribution in [0.4, 0.5) is 0 Å². The van der Waals surface area contributed by atoms with E-state index < -0.39 is 17.3 Å². The highest BCUT2D eigenvalue weighted by molar-refractivity contribution is 7.74. The van der Waals surface area contributed by atoms with Crippen LogP contribution in [0.15, 0.2) is 24.3 Å². The molecule has 1 rings (SSSR count). The molecule has 0 radical (unpaired) electrons. The molecule has 0 saturated carbocycles. The normalized spacial score (nSPS) is 12.4. The maximum Gasteiger partial charge on any atom is 0.360 e. The molecule has 0 saturated heterocycles. The standard InChI is InChI=1S/C10H10O6S/c1-15-9-6-7(2-4-8(9)11)3-5-10(12)16-17(13)14/h2-6,11H,1H3,(H,13,14). The van der Waals surface area contributed by atoms with Crippen LogP contribution in [0.2, 0.25) is 0 Å². The van der Waals surface area contributed by atoms with Crippen molar-refractivity contribution < 1.29 is 27.6 Å². The maximum atomic E-state index is 10.9. The van der Waals surface area contributed by atoms with Gasteiger partial charge in [-0.05, 0) is 23.8 Å². The first-order valence-corrected chi connectivity index (χ1v) is 5.44. The first kappa shape index (κ1) is 13.2. The number of phenolic OH excluding ortho intramolecular Hbond substituents is 1. The molecule has 0 aliphatic heterocycles. The fraction of sp³-hybridized carbons (Fsp3) is 0.100. The molecule has 0 fully saturated rings. The van der Waals surface area contributed by atoms with Crippen molar-refractivity contribution in [3.05, 3.63) is 29.8 Å². The summed E-state index contributed by atoms with van der Waals surface area (Å²) in [6.45, 7) is 0. The Balaban J connectivity index is 2.78. The van der Waals surface area contributed by atoms with Crippen LogP contribution in [0, 0.1) is 0 Å². The number of phenols is 1. The lowest BCUT2D eigenvalue weighted by atomic mass is 10.2. The fourth-order valence-electron chi connectivity index (χ4n) is 1.06. The van der Waals surface area contributed by atoms with Crippen LogP contribution in [0.5, 0.6) is 11.5 Å². The van der Waals surface area contributed by atoms with E-state index in [-0.39, 0.29) is 11.5 Å². The summed E-state index contributed by atoms with van der Waals surface area (Å²) < 4.78 is 27.3. The van der Waals surface area contributed by atoms with Gasteiger partial charge in [-0.3, -0.25) is 4.55 Å². The molecule has 0 aromatic heterocycles. The van der Waals surface area contributed by atoms with E-state index in [2.05, 4.69) is 4.18 Å². The van der Waals surface area contributed by atoms with Gasteiger partial charge in [-0.2, -0.15) is 4.21 Å². The van der Waals surface area contributed by atoms with Gasteiger partial charge in [0.15, 0.2) is 11.5 Å². The van der Waals surface area contributed by atoms with E-state index in [1.165, 1.54) is 31.4 Å². The quantitative estimate of drug-likeness (QED) is 0.620. The second-order valence-electron chi connectivity index (χ2n) is 2.88. The summed E-state index contributed by atoms with van der Waals surface area (Å²) in [6, 6.07) is 4.43. The van der Waals surface area contributed by atoms with E-state index >= 15 is 0 Å². The molecule has 17 heavy (non-hydrogen) atoms. The Kier molecular flexibility index (Phi) is 4.68. The first-order valence-electron chi connectivity index (χ1n) is 4.41. The van der Waals surface area contributed by atoms with Gasteiger partial charge in [0.05, 0.1) is 7.11 Å². The van der Waals surface area contributed by atoms with Crippen LogP contribution in [-0.2, 0) is 20.3 Å². The van der Waals surface area contributed by atoms with Crippen LogP contribution in [-0.4, -0.2) is 26.9 Å². The van der Waals surface area contributed by atoms with Crippen LogP contribution < -0.4 is 4.74 Å². The second kappa shape index (κ2) is 6.02. The number of aromatic hydroxyl groups is 1. The molecule has 1 aromatic rings. The molecule has 7 heteroatoms. The molecule has 0 aliphatic rings. The summed E-state index contributed by atoms with van der Waals surface area (Å²) in [5.74, 6) is -0.715. The van der Waals surface area contributed by atoms with Gasteiger partial charge in [-0.1, -0.05) is 6.07 Å². The van der Waals surface area contributed by atoms with Crippen molar-refractivity contribution in [3.63, 3.8) is 0 Å². The monoisotopic (exact) mass is 258 g/mol. The van der Waals surface area contributed by atoms with Gasteiger partial charge in [-0.25, -0.2) is 4.79 Å². The average Bonchev–Trinajstić information content (AvgIpc) is 2.27. The minimum atomic E-state index is -2.63. The molecule has 0 amide bonds. The number of ether oxygens (including phenoxy) is 1. The zero-order valence-corrected chi connectivity index (χ0v) is 9.64. The largest absolute Gasteiger partial charge is 0.504 e. The topological polar surface area (TPSA) is 93.1 Å². The number of benzene rings is 1. The van der Waals surface area contributed by atoms with Crippen molar-refractivity contribution in [2.24, 2.45) is 0 Å². The highest BCUT2D eigenvalue weighted by atomic mass is 32.2. The Labute approximate surface area is 100.0 Å². The third-order valence-electron chi connectivity index (χ3n) is 1.77. The first-order chi connectivity index (χ1) is 8.02. The van der Waals surface area contributed by atoms with Gasteiger partial charge < -0.3 is 14.0 Å². The molecule has 92 valence electrons. The Bertz CT molecular complexity index is 468. The SMILES string of the molecule is COc1cc(C=CC(=O)OS(=O)O)ccc1O. The Morgan fingerprint density at radius 1 is 1.47 bits per heavy atom. The molecule has 0 heterocycles. The number of rotatable bonds is 4. The molecule has 0 bridgehead atoms. The fourth-order valence-corrected chi connectivity index (χ4v) is 1.26. The van der Waals surface area contributed by atoms with Gasteiger partial charge in [0.25, 0.3) is 0 Å². The van der Waals surface area contributed by atoms with Crippen molar-refractivity contribution in [1.29, 1.82) is 0 Å². The van der Waals surface area contributed by atoms with Crippen molar-refractivity contribution in [1.82, 2.24) is 0 Å². The lowest BCUT2D eigenvalue weighted by Crippen LogP contribution is -2.02. The summed E-state index contributed by atoms with van der Waals surface area (Å²) in [6.07, 6.45) is 2.34. The predicted molar refractivity (Wildman–Crippen MR) is 60.6 cm³/mol. The van der Waals surface area contributed by atoms with E-state index in [4.69, 9.17) is 9.29 Å². The van der Waals surface area contributed by atoms with Gasteiger partial charge in [0.1, 0.15) is 0 Å². The van der Waals surface area contributed by atoms with E-state index in [1.807, 2.05) is 0 Å². The number of hydrogen-bond donors (Lipinski definition) is 2. The van der Waals surface area contributed by atoms with Crippen LogP contribution >= 0.6 is 0 Å². The predicted octanol–water partition coefficient (Wildman–Crippen LogP) is 1.09. The molecule has 2 N–H and O–H groups in total. The van der Waals surface area contributed by atoms with E-state index in [1.54, 1.807) is 0 Å². The minimum absolute atomic E-state index is 0.0244. The maximum absolute atomic E-state index is 10.9. The zero-order valence-electron chi connectivity index (χ0n) is 8.82. The molecule has 6 nitrogen and oxygen atoms in total. The van der Waals surface area contributed by atoms with Gasteiger partial charge in [-0.15, -0.1) is 0 Å². The van der Waals surface area contributed by atoms with Gasteiger partial charge in [0, 0.05) is 6.08 Å². The van der Waals surface area contributed by atoms with Gasteiger partial charge in [0.2, 0.25) is 0 Å². The highest BCUT2D eigenvalue weighted by Gasteiger charge is 2.03.